The second-order valence-corrected chi connectivity index (χ2v) is 4.86. The van der Waals surface area contributed by atoms with Crippen LogP contribution in [0.15, 0.2) is 28.8 Å². The minimum absolute atomic E-state index is 0.0194. The molecule has 0 bridgehead atoms. The molecule has 2 rings (SSSR count). The number of benzene rings is 1. The van der Waals surface area contributed by atoms with E-state index in [1.165, 1.54) is 0 Å². The Morgan fingerprint density at radius 2 is 2.05 bits per heavy atom. The average Bonchev–Trinajstić information content (AvgIpc) is 2.76. The summed E-state index contributed by atoms with van der Waals surface area (Å²) in [4.78, 5) is 12.0. The number of nitrogens with one attached hydrogen (secondary N) is 1. The van der Waals surface area contributed by atoms with Gasteiger partial charge in [0.2, 0.25) is 5.91 Å². The molecule has 1 aromatic carbocycles. The molecule has 4 heteroatoms. The monoisotopic (exact) mass is 272 g/mol. The van der Waals surface area contributed by atoms with Gasteiger partial charge >= 0.3 is 0 Å². The van der Waals surface area contributed by atoms with E-state index in [4.69, 9.17) is 4.52 Å². The molecule has 4 nitrogen and oxygen atoms in total. The fraction of sp³-hybridized carbons (Fsp3) is 0.375. The Morgan fingerprint density at radius 3 is 2.70 bits per heavy atom. The number of carbonyl (C=O) groups is 1. The number of hydrogen-bond donors (Lipinski definition) is 1. The zero-order valence-corrected chi connectivity index (χ0v) is 12.2. The normalized spacial score (nSPS) is 10.6. The molecule has 1 N–H and O–H groups in total. The van der Waals surface area contributed by atoms with Crippen LogP contribution >= 0.6 is 0 Å². The van der Waals surface area contributed by atoms with Crippen LogP contribution in [0.4, 0.5) is 5.69 Å². The summed E-state index contributed by atoms with van der Waals surface area (Å²) in [6, 6.07) is 7.89. The minimum Gasteiger partial charge on any atom is -0.361 e. The van der Waals surface area contributed by atoms with Gasteiger partial charge < -0.3 is 9.84 Å². The van der Waals surface area contributed by atoms with Crippen LogP contribution in [-0.4, -0.2) is 11.1 Å². The standard InChI is InChI=1S/C16H20N2O2/c1-4-13-7-5-6-8-15(13)17-16(19)10-9-14-11(2)18-20-12(14)3/h5-8H,4,9-10H2,1-3H3,(H,17,19). The molecule has 0 spiro atoms. The Bertz CT molecular complexity index is 583. The van der Waals surface area contributed by atoms with Crippen molar-refractivity contribution < 1.29 is 9.32 Å². The van der Waals surface area contributed by atoms with Crippen molar-refractivity contribution in [3.63, 3.8) is 0 Å². The van der Waals surface area contributed by atoms with E-state index in [1.54, 1.807) is 0 Å². The van der Waals surface area contributed by atoms with E-state index >= 15 is 0 Å². The van der Waals surface area contributed by atoms with Crippen molar-refractivity contribution in [3.8, 4) is 0 Å². The third kappa shape index (κ3) is 3.26. The van der Waals surface area contributed by atoms with Crippen molar-refractivity contribution in [1.82, 2.24) is 5.16 Å². The molecule has 1 heterocycles. The molecule has 0 aliphatic carbocycles. The molecule has 2 aromatic rings. The number of carbonyl (C=O) groups excluding carboxylic acids is 1. The van der Waals surface area contributed by atoms with E-state index in [0.29, 0.717) is 12.8 Å². The minimum atomic E-state index is 0.0194. The third-order valence-electron chi connectivity index (χ3n) is 3.46. The first-order valence-corrected chi connectivity index (χ1v) is 6.91. The van der Waals surface area contributed by atoms with E-state index in [-0.39, 0.29) is 5.91 Å². The molecule has 0 atom stereocenters. The first kappa shape index (κ1) is 14.3. The predicted molar refractivity (Wildman–Crippen MR) is 78.7 cm³/mol. The van der Waals surface area contributed by atoms with Crippen LogP contribution in [-0.2, 0) is 17.6 Å². The Hall–Kier alpha value is -2.10. The molecule has 0 saturated carbocycles. The van der Waals surface area contributed by atoms with Crippen LogP contribution in [0.3, 0.4) is 0 Å². The third-order valence-corrected chi connectivity index (χ3v) is 3.46. The lowest BCUT2D eigenvalue weighted by atomic mass is 10.1. The number of para-hydroxylation sites is 1. The predicted octanol–water partition coefficient (Wildman–Crippen LogP) is 3.43. The topological polar surface area (TPSA) is 55.1 Å². The van der Waals surface area contributed by atoms with Gasteiger partial charge in [-0.1, -0.05) is 30.3 Å². The lowest BCUT2D eigenvalue weighted by Crippen LogP contribution is -2.13. The van der Waals surface area contributed by atoms with Gasteiger partial charge in [-0.25, -0.2) is 0 Å². The van der Waals surface area contributed by atoms with Crippen LogP contribution < -0.4 is 5.32 Å². The second-order valence-electron chi connectivity index (χ2n) is 4.86. The second kappa shape index (κ2) is 6.37. The maximum atomic E-state index is 12.0. The molecule has 0 radical (unpaired) electrons. The zero-order chi connectivity index (χ0) is 14.5. The van der Waals surface area contributed by atoms with Gasteiger partial charge in [-0.15, -0.1) is 0 Å². The number of anilines is 1. The van der Waals surface area contributed by atoms with Crippen molar-refractivity contribution in [2.24, 2.45) is 0 Å². The van der Waals surface area contributed by atoms with Gasteiger partial charge in [0.15, 0.2) is 0 Å². The SMILES string of the molecule is CCc1ccccc1NC(=O)CCc1c(C)noc1C. The number of hydrogen-bond acceptors (Lipinski definition) is 3. The van der Waals surface area contributed by atoms with Crippen molar-refractivity contribution in [2.75, 3.05) is 5.32 Å². The average molecular weight is 272 g/mol. The molecule has 0 fully saturated rings. The van der Waals surface area contributed by atoms with Gasteiger partial charge in [-0.05, 0) is 38.3 Å². The lowest BCUT2D eigenvalue weighted by Gasteiger charge is -2.09. The van der Waals surface area contributed by atoms with Crippen LogP contribution in [0.5, 0.6) is 0 Å². The quantitative estimate of drug-likeness (QED) is 0.907. The maximum Gasteiger partial charge on any atom is 0.224 e. The Kier molecular flexibility index (Phi) is 4.56. The van der Waals surface area contributed by atoms with Gasteiger partial charge in [0.1, 0.15) is 5.76 Å². The molecule has 0 saturated heterocycles. The molecular weight excluding hydrogens is 252 g/mol. The highest BCUT2D eigenvalue weighted by Gasteiger charge is 2.11. The molecule has 1 aromatic heterocycles. The number of rotatable bonds is 5. The highest BCUT2D eigenvalue weighted by atomic mass is 16.5. The van der Waals surface area contributed by atoms with Crippen LogP contribution in [0.1, 0.15) is 35.9 Å². The Balaban J connectivity index is 1.96. The highest BCUT2D eigenvalue weighted by molar-refractivity contribution is 5.91. The summed E-state index contributed by atoms with van der Waals surface area (Å²) < 4.78 is 5.10. The molecule has 0 aliphatic heterocycles. The van der Waals surface area contributed by atoms with Gasteiger partial charge in [-0.2, -0.15) is 0 Å². The summed E-state index contributed by atoms with van der Waals surface area (Å²) >= 11 is 0. The van der Waals surface area contributed by atoms with Gasteiger partial charge in [0.25, 0.3) is 0 Å². The number of aryl methyl sites for hydroxylation is 3. The fourth-order valence-electron chi connectivity index (χ4n) is 2.26. The maximum absolute atomic E-state index is 12.0. The smallest absolute Gasteiger partial charge is 0.224 e. The zero-order valence-electron chi connectivity index (χ0n) is 12.2. The Labute approximate surface area is 119 Å². The van der Waals surface area contributed by atoms with Crippen LogP contribution in [0.25, 0.3) is 0 Å². The van der Waals surface area contributed by atoms with E-state index in [2.05, 4.69) is 17.4 Å². The summed E-state index contributed by atoms with van der Waals surface area (Å²) in [6.07, 6.45) is 1.99. The van der Waals surface area contributed by atoms with Gasteiger partial charge in [-0.3, -0.25) is 4.79 Å². The summed E-state index contributed by atoms with van der Waals surface area (Å²) in [5.74, 6) is 0.815. The fourth-order valence-corrected chi connectivity index (χ4v) is 2.26. The van der Waals surface area contributed by atoms with E-state index in [1.807, 2.05) is 38.1 Å². The molecule has 0 unspecified atom stereocenters. The molecule has 20 heavy (non-hydrogen) atoms. The molecule has 0 aliphatic rings. The van der Waals surface area contributed by atoms with Crippen molar-refractivity contribution in [1.29, 1.82) is 0 Å². The van der Waals surface area contributed by atoms with E-state index < -0.39 is 0 Å². The lowest BCUT2D eigenvalue weighted by molar-refractivity contribution is -0.116. The van der Waals surface area contributed by atoms with Crippen LogP contribution in [0, 0.1) is 13.8 Å². The first-order chi connectivity index (χ1) is 9.61. The van der Waals surface area contributed by atoms with Crippen LogP contribution in [0.2, 0.25) is 0 Å². The van der Waals surface area contributed by atoms with Crippen molar-refractivity contribution >= 4 is 11.6 Å². The number of nitrogens with zero attached hydrogens (tertiary/aromatic N) is 1. The largest absolute Gasteiger partial charge is 0.361 e. The van der Waals surface area contributed by atoms with E-state index in [9.17, 15) is 4.79 Å². The van der Waals surface area contributed by atoms with Gasteiger partial charge in [0, 0.05) is 17.7 Å². The van der Waals surface area contributed by atoms with Crippen molar-refractivity contribution in [3.05, 3.63) is 46.8 Å². The first-order valence-electron chi connectivity index (χ1n) is 6.91. The highest BCUT2D eigenvalue weighted by Crippen LogP contribution is 2.17. The summed E-state index contributed by atoms with van der Waals surface area (Å²) in [7, 11) is 0. The summed E-state index contributed by atoms with van der Waals surface area (Å²) in [5, 5.41) is 6.87. The van der Waals surface area contributed by atoms with Gasteiger partial charge in [0.05, 0.1) is 5.69 Å². The number of aromatic nitrogens is 1. The summed E-state index contributed by atoms with van der Waals surface area (Å²) in [6.45, 7) is 5.85. The number of amides is 1. The Morgan fingerprint density at radius 1 is 1.30 bits per heavy atom. The summed E-state index contributed by atoms with van der Waals surface area (Å²) in [5.41, 5.74) is 3.95. The van der Waals surface area contributed by atoms with Crippen molar-refractivity contribution in [2.45, 2.75) is 40.0 Å². The van der Waals surface area contributed by atoms with E-state index in [0.717, 1.165) is 34.7 Å². The molecule has 1 amide bonds. The molecular formula is C16H20N2O2. The molecule has 106 valence electrons.